The smallest absolute Gasteiger partial charge is 0.748 e. The molecule has 0 radical (unpaired) electrons. The van der Waals surface area contributed by atoms with E-state index in [1.807, 2.05) is 10.8 Å². The Morgan fingerprint density at radius 3 is 2.73 bits per heavy atom. The minimum Gasteiger partial charge on any atom is -0.748 e. The van der Waals surface area contributed by atoms with E-state index in [4.69, 9.17) is 14.2 Å². The third-order valence-electron chi connectivity index (χ3n) is 3.28. The van der Waals surface area contributed by atoms with E-state index in [9.17, 15) is 13.0 Å². The quantitative estimate of drug-likeness (QED) is 0.348. The molecule has 120 valence electrons. The van der Waals surface area contributed by atoms with Crippen molar-refractivity contribution in [2.45, 2.75) is 31.6 Å². The molecule has 2 atom stereocenters. The Morgan fingerprint density at radius 2 is 2.09 bits per heavy atom. The molecule has 1 aromatic rings. The number of hydrogen-bond donors (Lipinski definition) is 0. The summed E-state index contributed by atoms with van der Waals surface area (Å²) in [7, 11) is -4.29. The van der Waals surface area contributed by atoms with Crippen molar-refractivity contribution in [1.82, 2.24) is 0 Å². The van der Waals surface area contributed by atoms with Gasteiger partial charge in [0, 0.05) is 17.4 Å². The summed E-state index contributed by atoms with van der Waals surface area (Å²) in [5.74, 6) is 1.23. The van der Waals surface area contributed by atoms with E-state index in [1.54, 1.807) is 13.8 Å². The normalized spacial score (nSPS) is 18.8. The fourth-order valence-corrected chi connectivity index (χ4v) is 3.89. The predicted molar refractivity (Wildman–Crippen MR) is 78.0 cm³/mol. The fraction of sp³-hybridized carbons (Fsp3) is 0.692. The molecule has 1 aliphatic rings. The van der Waals surface area contributed by atoms with Crippen molar-refractivity contribution >= 4 is 21.5 Å². The first-order valence-electron chi connectivity index (χ1n) is 6.76. The van der Waals surface area contributed by atoms with Crippen LogP contribution in [0.1, 0.15) is 20.3 Å². The summed E-state index contributed by atoms with van der Waals surface area (Å²) in [5, 5.41) is 2.82. The molecule has 2 rings (SSSR count). The molecule has 2 unspecified atom stereocenters. The standard InChI is InChI=1S/C13H20O6S2.Na/c1-9(2)13(21(14,15)16)3-4-17-5-10-6-18-11-7-20-8-12(11)19-10;/h7-10,13H,3-6H2,1-2H3,(H,14,15,16);/q;+1/p-1. The van der Waals surface area contributed by atoms with E-state index in [0.717, 1.165) is 5.75 Å². The molecule has 0 bridgehead atoms. The summed E-state index contributed by atoms with van der Waals surface area (Å²) in [6.45, 7) is 4.35. The van der Waals surface area contributed by atoms with Crippen LogP contribution in [0.4, 0.5) is 0 Å². The first-order valence-corrected chi connectivity index (χ1v) is 9.17. The molecule has 0 saturated carbocycles. The zero-order valence-corrected chi connectivity index (χ0v) is 16.6. The second-order valence-corrected chi connectivity index (χ2v) is 7.62. The van der Waals surface area contributed by atoms with Gasteiger partial charge in [-0.2, -0.15) is 0 Å². The van der Waals surface area contributed by atoms with Crippen LogP contribution in [0, 0.1) is 5.92 Å². The van der Waals surface area contributed by atoms with Crippen molar-refractivity contribution in [3.8, 4) is 11.5 Å². The largest absolute Gasteiger partial charge is 1.00 e. The molecule has 0 fully saturated rings. The predicted octanol–water partition coefficient (Wildman–Crippen LogP) is -1.13. The summed E-state index contributed by atoms with van der Waals surface area (Å²) in [5.41, 5.74) is 0. The third kappa shape index (κ3) is 5.67. The first-order chi connectivity index (χ1) is 9.88. The zero-order valence-electron chi connectivity index (χ0n) is 13.0. The van der Waals surface area contributed by atoms with E-state index in [1.165, 1.54) is 11.3 Å². The van der Waals surface area contributed by atoms with Crippen molar-refractivity contribution < 1.29 is 56.7 Å². The second-order valence-electron chi connectivity index (χ2n) is 5.29. The maximum atomic E-state index is 11.1. The Kier molecular flexibility index (Phi) is 8.15. The molecular formula is C13H19NaO6S2. The van der Waals surface area contributed by atoms with Gasteiger partial charge in [-0.25, -0.2) is 8.42 Å². The van der Waals surface area contributed by atoms with E-state index in [-0.39, 0.29) is 54.6 Å². The molecule has 9 heteroatoms. The number of fused-ring (bicyclic) bond motifs is 1. The van der Waals surface area contributed by atoms with Crippen LogP contribution in [0.5, 0.6) is 11.5 Å². The number of thiophene rings is 1. The van der Waals surface area contributed by atoms with Crippen LogP contribution in [0.15, 0.2) is 10.8 Å². The van der Waals surface area contributed by atoms with Crippen molar-refractivity contribution in [1.29, 1.82) is 0 Å². The van der Waals surface area contributed by atoms with Gasteiger partial charge in [-0.05, 0) is 12.3 Å². The van der Waals surface area contributed by atoms with Gasteiger partial charge in [0.15, 0.2) is 17.6 Å². The van der Waals surface area contributed by atoms with Gasteiger partial charge < -0.3 is 18.8 Å². The fourth-order valence-electron chi connectivity index (χ4n) is 2.17. The van der Waals surface area contributed by atoms with Gasteiger partial charge in [0.25, 0.3) is 0 Å². The van der Waals surface area contributed by atoms with Gasteiger partial charge in [-0.15, -0.1) is 11.3 Å². The molecular weight excluding hydrogens is 339 g/mol. The van der Waals surface area contributed by atoms with E-state index in [0.29, 0.717) is 19.0 Å². The molecule has 1 aliphatic heterocycles. The topological polar surface area (TPSA) is 84.9 Å². The Labute approximate surface area is 157 Å². The van der Waals surface area contributed by atoms with E-state index >= 15 is 0 Å². The van der Waals surface area contributed by atoms with Crippen LogP contribution in [-0.4, -0.2) is 44.1 Å². The molecule has 0 spiro atoms. The summed E-state index contributed by atoms with van der Waals surface area (Å²) in [4.78, 5) is 0. The number of ether oxygens (including phenoxy) is 3. The van der Waals surface area contributed by atoms with Crippen LogP contribution in [0.25, 0.3) is 0 Å². The summed E-state index contributed by atoms with van der Waals surface area (Å²) >= 11 is 1.50. The minimum atomic E-state index is -4.29. The average Bonchev–Trinajstić information content (AvgIpc) is 2.83. The van der Waals surface area contributed by atoms with E-state index < -0.39 is 15.4 Å². The monoisotopic (exact) mass is 358 g/mol. The van der Waals surface area contributed by atoms with Crippen LogP contribution in [0.2, 0.25) is 0 Å². The van der Waals surface area contributed by atoms with Crippen LogP contribution in [-0.2, 0) is 14.9 Å². The summed E-state index contributed by atoms with van der Waals surface area (Å²) in [6, 6.07) is 0. The Morgan fingerprint density at radius 1 is 1.41 bits per heavy atom. The van der Waals surface area contributed by atoms with Gasteiger partial charge in [0.2, 0.25) is 0 Å². The van der Waals surface area contributed by atoms with Gasteiger partial charge >= 0.3 is 29.6 Å². The number of hydrogen-bond acceptors (Lipinski definition) is 7. The number of rotatable bonds is 7. The summed E-state index contributed by atoms with van der Waals surface area (Å²) in [6.07, 6.45) is -0.0192. The van der Waals surface area contributed by atoms with Gasteiger partial charge in [-0.3, -0.25) is 0 Å². The molecule has 0 saturated heterocycles. The molecule has 0 aromatic carbocycles. The van der Waals surface area contributed by atoms with Gasteiger partial charge in [-0.1, -0.05) is 13.8 Å². The molecule has 22 heavy (non-hydrogen) atoms. The first kappa shape index (κ1) is 20.2. The second kappa shape index (κ2) is 8.86. The molecule has 2 heterocycles. The molecule has 6 nitrogen and oxygen atoms in total. The summed E-state index contributed by atoms with van der Waals surface area (Å²) < 4.78 is 50.0. The maximum Gasteiger partial charge on any atom is 1.00 e. The van der Waals surface area contributed by atoms with Crippen molar-refractivity contribution in [3.05, 3.63) is 10.8 Å². The van der Waals surface area contributed by atoms with Gasteiger partial charge in [0.05, 0.1) is 22.0 Å². The van der Waals surface area contributed by atoms with Crippen LogP contribution >= 0.6 is 11.3 Å². The molecule has 1 aromatic heterocycles. The Hall–Kier alpha value is 0.170. The van der Waals surface area contributed by atoms with E-state index in [2.05, 4.69) is 0 Å². The average molecular weight is 358 g/mol. The Balaban J connectivity index is 0.00000242. The van der Waals surface area contributed by atoms with Crippen LogP contribution < -0.4 is 39.0 Å². The van der Waals surface area contributed by atoms with Gasteiger partial charge in [0.1, 0.15) is 6.61 Å². The zero-order chi connectivity index (χ0) is 15.5. The Bertz CT molecular complexity index is 557. The van der Waals surface area contributed by atoms with Crippen molar-refractivity contribution in [3.63, 3.8) is 0 Å². The molecule has 0 amide bonds. The SMILES string of the molecule is CC(C)C(CCOCC1COc2cscc2O1)S(=O)(=O)[O-].[Na+]. The molecule has 0 aliphatic carbocycles. The molecule has 0 N–H and O–H groups in total. The van der Waals surface area contributed by atoms with Crippen LogP contribution in [0.3, 0.4) is 0 Å². The van der Waals surface area contributed by atoms with Crippen molar-refractivity contribution in [2.24, 2.45) is 5.92 Å². The maximum absolute atomic E-state index is 11.1. The van der Waals surface area contributed by atoms with Crippen molar-refractivity contribution in [2.75, 3.05) is 19.8 Å². The third-order valence-corrected chi connectivity index (χ3v) is 5.50. The minimum absolute atomic E-state index is 0.